The number of nitrogens with two attached hydrogens (primary N) is 1. The lowest BCUT2D eigenvalue weighted by atomic mass is 9.86. The zero-order valence-electron chi connectivity index (χ0n) is 12.1. The zero-order valence-corrected chi connectivity index (χ0v) is 12.8. The van der Waals surface area contributed by atoms with Gasteiger partial charge in [0, 0.05) is 36.6 Å². The van der Waals surface area contributed by atoms with Crippen LogP contribution in [0.1, 0.15) is 23.5 Å². The highest BCUT2D eigenvalue weighted by atomic mass is 35.5. The first-order valence-corrected chi connectivity index (χ1v) is 7.87. The van der Waals surface area contributed by atoms with E-state index < -0.39 is 0 Å². The van der Waals surface area contributed by atoms with E-state index >= 15 is 0 Å². The minimum Gasteiger partial charge on any atom is -0.327 e. The summed E-state index contributed by atoms with van der Waals surface area (Å²) in [5.74, 6) is 0.362. The van der Waals surface area contributed by atoms with Gasteiger partial charge in [-0.05, 0) is 29.7 Å². The molecule has 2 aromatic carbocycles. The van der Waals surface area contributed by atoms with E-state index in [1.54, 1.807) is 0 Å². The molecule has 110 valence electrons. The summed E-state index contributed by atoms with van der Waals surface area (Å²) in [7, 11) is 0. The summed E-state index contributed by atoms with van der Waals surface area (Å²) in [6.45, 7) is 3.05. The van der Waals surface area contributed by atoms with Crippen molar-refractivity contribution in [3.05, 3.63) is 70.7 Å². The second kappa shape index (κ2) is 6.61. The third kappa shape index (κ3) is 3.65. The lowest BCUT2D eigenvalue weighted by Crippen LogP contribution is -2.45. The topological polar surface area (TPSA) is 29.3 Å². The van der Waals surface area contributed by atoms with Crippen LogP contribution >= 0.6 is 11.6 Å². The molecule has 0 saturated carbocycles. The van der Waals surface area contributed by atoms with Crippen LogP contribution in [0.2, 0.25) is 5.02 Å². The van der Waals surface area contributed by atoms with Crippen LogP contribution in [-0.4, -0.2) is 24.0 Å². The molecule has 1 saturated heterocycles. The number of piperidine rings is 1. The lowest BCUT2D eigenvalue weighted by Gasteiger charge is -2.37. The number of rotatable bonds is 3. The summed E-state index contributed by atoms with van der Waals surface area (Å²) >= 11 is 6.12. The average Bonchev–Trinajstić information content (AvgIpc) is 2.50. The Kier molecular flexibility index (Phi) is 4.59. The monoisotopic (exact) mass is 300 g/mol. The fourth-order valence-corrected chi connectivity index (χ4v) is 3.31. The number of halogens is 1. The third-order valence-electron chi connectivity index (χ3n) is 4.28. The van der Waals surface area contributed by atoms with Crippen molar-refractivity contribution in [2.24, 2.45) is 5.73 Å². The van der Waals surface area contributed by atoms with E-state index in [4.69, 9.17) is 17.3 Å². The minimum atomic E-state index is 0.218. The first kappa shape index (κ1) is 14.6. The maximum Gasteiger partial charge on any atom is 0.0408 e. The summed E-state index contributed by atoms with van der Waals surface area (Å²) < 4.78 is 0. The number of nitrogens with zero attached hydrogens (tertiary/aromatic N) is 1. The van der Waals surface area contributed by atoms with Crippen molar-refractivity contribution in [1.82, 2.24) is 4.90 Å². The van der Waals surface area contributed by atoms with E-state index in [9.17, 15) is 0 Å². The van der Waals surface area contributed by atoms with Gasteiger partial charge in [0.05, 0.1) is 0 Å². The van der Waals surface area contributed by atoms with Crippen LogP contribution in [0.15, 0.2) is 54.6 Å². The average molecular weight is 301 g/mol. The normalized spacial score (nSPS) is 23.1. The predicted octanol–water partition coefficient (Wildman–Crippen LogP) is 3.66. The van der Waals surface area contributed by atoms with Crippen LogP contribution < -0.4 is 5.73 Å². The molecule has 2 N–H and O–H groups in total. The molecule has 2 aromatic rings. The Labute approximate surface area is 131 Å². The van der Waals surface area contributed by atoms with Crippen molar-refractivity contribution < 1.29 is 0 Å². The summed E-state index contributed by atoms with van der Waals surface area (Å²) in [6.07, 6.45) is 1.03. The summed E-state index contributed by atoms with van der Waals surface area (Å²) in [5.41, 5.74) is 8.96. The molecule has 1 heterocycles. The van der Waals surface area contributed by atoms with E-state index in [1.807, 2.05) is 12.1 Å². The van der Waals surface area contributed by atoms with E-state index in [-0.39, 0.29) is 6.04 Å². The molecule has 2 nitrogen and oxygen atoms in total. The summed E-state index contributed by atoms with van der Waals surface area (Å²) in [4.78, 5) is 2.49. The van der Waals surface area contributed by atoms with Crippen LogP contribution in [0.3, 0.4) is 0 Å². The summed E-state index contributed by atoms with van der Waals surface area (Å²) in [5, 5.41) is 0.792. The molecular formula is C18H21ClN2. The molecule has 1 aliphatic rings. The van der Waals surface area contributed by atoms with E-state index in [1.165, 1.54) is 11.1 Å². The van der Waals surface area contributed by atoms with Crippen LogP contribution in [0, 0.1) is 0 Å². The van der Waals surface area contributed by atoms with Gasteiger partial charge < -0.3 is 5.73 Å². The van der Waals surface area contributed by atoms with Crippen molar-refractivity contribution in [2.75, 3.05) is 13.1 Å². The molecule has 0 spiro atoms. The van der Waals surface area contributed by atoms with Gasteiger partial charge in [-0.3, -0.25) is 4.90 Å². The van der Waals surface area contributed by atoms with Gasteiger partial charge in [0.25, 0.3) is 0 Å². The highest BCUT2D eigenvalue weighted by Gasteiger charge is 2.27. The molecule has 21 heavy (non-hydrogen) atoms. The molecular weight excluding hydrogens is 280 g/mol. The van der Waals surface area contributed by atoms with Gasteiger partial charge in [-0.1, -0.05) is 54.1 Å². The smallest absolute Gasteiger partial charge is 0.0408 e. The van der Waals surface area contributed by atoms with E-state index in [2.05, 4.69) is 47.4 Å². The second-order valence-electron chi connectivity index (χ2n) is 5.83. The fraction of sp³-hybridized carbons (Fsp3) is 0.333. The van der Waals surface area contributed by atoms with Gasteiger partial charge in [0.15, 0.2) is 0 Å². The Morgan fingerprint density at radius 2 is 1.90 bits per heavy atom. The molecule has 3 heteroatoms. The van der Waals surface area contributed by atoms with Crippen LogP contribution in [0.4, 0.5) is 0 Å². The molecule has 0 amide bonds. The van der Waals surface area contributed by atoms with Gasteiger partial charge >= 0.3 is 0 Å². The number of benzene rings is 2. The van der Waals surface area contributed by atoms with Gasteiger partial charge in [-0.25, -0.2) is 0 Å². The molecule has 3 rings (SSSR count). The largest absolute Gasteiger partial charge is 0.327 e. The molecule has 0 radical (unpaired) electrons. The number of hydrogen-bond acceptors (Lipinski definition) is 2. The molecule has 2 unspecified atom stereocenters. The van der Waals surface area contributed by atoms with Crippen LogP contribution in [0.25, 0.3) is 0 Å². The van der Waals surface area contributed by atoms with Gasteiger partial charge in [0.1, 0.15) is 0 Å². The van der Waals surface area contributed by atoms with Gasteiger partial charge in [-0.15, -0.1) is 0 Å². The zero-order chi connectivity index (χ0) is 14.7. The molecule has 0 aliphatic carbocycles. The first-order chi connectivity index (χ1) is 10.2. The van der Waals surface area contributed by atoms with E-state index in [0.717, 1.165) is 31.1 Å². The number of hydrogen-bond donors (Lipinski definition) is 1. The molecule has 0 aromatic heterocycles. The van der Waals surface area contributed by atoms with Gasteiger partial charge in [-0.2, -0.15) is 0 Å². The molecule has 0 bridgehead atoms. The van der Waals surface area contributed by atoms with Gasteiger partial charge in [0.2, 0.25) is 0 Å². The minimum absolute atomic E-state index is 0.218. The third-order valence-corrected chi connectivity index (χ3v) is 4.51. The van der Waals surface area contributed by atoms with Crippen LogP contribution in [-0.2, 0) is 6.54 Å². The maximum atomic E-state index is 6.35. The van der Waals surface area contributed by atoms with Crippen molar-refractivity contribution in [3.63, 3.8) is 0 Å². The molecule has 1 aliphatic heterocycles. The SMILES string of the molecule is NC1CCN(Cc2ccccc2)CC1c1cccc(Cl)c1. The Morgan fingerprint density at radius 1 is 1.10 bits per heavy atom. The van der Waals surface area contributed by atoms with Crippen molar-refractivity contribution in [1.29, 1.82) is 0 Å². The number of likely N-dealkylation sites (tertiary alicyclic amines) is 1. The predicted molar refractivity (Wildman–Crippen MR) is 88.5 cm³/mol. The standard InChI is InChI=1S/C18H21ClN2/c19-16-8-4-7-15(11-16)17-13-21(10-9-18(17)20)12-14-5-2-1-3-6-14/h1-8,11,17-18H,9-10,12-13,20H2. The first-order valence-electron chi connectivity index (χ1n) is 7.50. The van der Waals surface area contributed by atoms with Crippen LogP contribution in [0.5, 0.6) is 0 Å². The highest BCUT2D eigenvalue weighted by molar-refractivity contribution is 6.30. The Bertz CT molecular complexity index is 585. The molecule has 2 atom stereocenters. The van der Waals surface area contributed by atoms with Crippen molar-refractivity contribution >= 4 is 11.6 Å². The maximum absolute atomic E-state index is 6.35. The summed E-state index contributed by atoms with van der Waals surface area (Å²) in [6, 6.07) is 19.0. The Morgan fingerprint density at radius 3 is 2.67 bits per heavy atom. The Hall–Kier alpha value is -1.35. The quantitative estimate of drug-likeness (QED) is 0.937. The van der Waals surface area contributed by atoms with Crippen molar-refractivity contribution in [2.45, 2.75) is 24.9 Å². The lowest BCUT2D eigenvalue weighted by molar-refractivity contribution is 0.183. The Balaban J connectivity index is 1.73. The van der Waals surface area contributed by atoms with E-state index in [0.29, 0.717) is 5.92 Å². The second-order valence-corrected chi connectivity index (χ2v) is 6.27. The fourth-order valence-electron chi connectivity index (χ4n) is 3.11. The molecule has 1 fully saturated rings. The highest BCUT2D eigenvalue weighted by Crippen LogP contribution is 2.28. The van der Waals surface area contributed by atoms with Crippen molar-refractivity contribution in [3.8, 4) is 0 Å².